The lowest BCUT2D eigenvalue weighted by Crippen LogP contribution is -2.13. The molecule has 1 aliphatic rings. The highest BCUT2D eigenvalue weighted by molar-refractivity contribution is 6.31. The second kappa shape index (κ2) is 9.88. The Kier molecular flexibility index (Phi) is 6.51. The molecule has 176 valence electrons. The van der Waals surface area contributed by atoms with Crippen molar-refractivity contribution in [3.8, 4) is 22.3 Å². The summed E-state index contributed by atoms with van der Waals surface area (Å²) in [6.45, 7) is 0. The van der Waals surface area contributed by atoms with Crippen LogP contribution in [0.3, 0.4) is 0 Å². The minimum atomic E-state index is -0.343. The van der Waals surface area contributed by atoms with Gasteiger partial charge in [0.15, 0.2) is 0 Å². The van der Waals surface area contributed by atoms with Crippen molar-refractivity contribution >= 4 is 28.9 Å². The Balaban J connectivity index is 1.55. The number of carbonyl (C=O) groups is 1. The van der Waals surface area contributed by atoms with Gasteiger partial charge in [0.1, 0.15) is 5.82 Å². The van der Waals surface area contributed by atoms with Crippen LogP contribution >= 0.6 is 11.6 Å². The largest absolute Gasteiger partial charge is 0.398 e. The zero-order chi connectivity index (χ0) is 24.4. The molecular weight excluding hydrogens is 461 g/mol. The van der Waals surface area contributed by atoms with E-state index in [0.29, 0.717) is 28.4 Å². The van der Waals surface area contributed by atoms with Gasteiger partial charge in [-0.3, -0.25) is 9.78 Å². The number of benzene rings is 3. The maximum absolute atomic E-state index is 14.1. The van der Waals surface area contributed by atoms with Crippen molar-refractivity contribution in [1.82, 2.24) is 4.98 Å². The monoisotopic (exact) mass is 485 g/mol. The number of hydrogen-bond donors (Lipinski definition) is 2. The van der Waals surface area contributed by atoms with Gasteiger partial charge < -0.3 is 11.1 Å². The molecule has 3 N–H and O–H groups in total. The highest BCUT2D eigenvalue weighted by Crippen LogP contribution is 2.36. The molecule has 3 aromatic carbocycles. The van der Waals surface area contributed by atoms with Gasteiger partial charge in [-0.05, 0) is 66.4 Å². The van der Waals surface area contributed by atoms with Gasteiger partial charge in [0.25, 0.3) is 0 Å². The number of carbonyl (C=O) groups excluding carboxylic acids is 1. The molecule has 6 heteroatoms. The van der Waals surface area contributed by atoms with Gasteiger partial charge in [-0.15, -0.1) is 0 Å². The van der Waals surface area contributed by atoms with Crippen molar-refractivity contribution in [1.29, 1.82) is 0 Å². The Hall–Kier alpha value is -3.70. The maximum Gasteiger partial charge on any atom is 0.224 e. The molecule has 35 heavy (non-hydrogen) atoms. The van der Waals surface area contributed by atoms with Crippen LogP contribution < -0.4 is 11.1 Å². The summed E-state index contributed by atoms with van der Waals surface area (Å²) in [4.78, 5) is 17.3. The molecule has 2 heterocycles. The number of nitrogens with two attached hydrogens (primary N) is 1. The van der Waals surface area contributed by atoms with E-state index >= 15 is 0 Å². The first-order valence-electron chi connectivity index (χ1n) is 11.7. The SMILES string of the molecule is Nc1ccc(Cl)cc1-c1ccc(C2CCCCC(=O)Nc3ccc(F)cc3-c3cccc2c3)nc1. The van der Waals surface area contributed by atoms with Gasteiger partial charge in [0, 0.05) is 57.3 Å². The zero-order valence-electron chi connectivity index (χ0n) is 19.1. The van der Waals surface area contributed by atoms with Crippen molar-refractivity contribution in [3.05, 3.63) is 101 Å². The van der Waals surface area contributed by atoms with E-state index in [1.54, 1.807) is 18.2 Å². The molecular formula is C29H25ClFN3O. The third kappa shape index (κ3) is 5.05. The Labute approximate surface area is 209 Å². The number of fused-ring (bicyclic) bond motifs is 4. The maximum atomic E-state index is 14.1. The highest BCUT2D eigenvalue weighted by Gasteiger charge is 2.19. The van der Waals surface area contributed by atoms with Gasteiger partial charge in [-0.2, -0.15) is 0 Å². The summed E-state index contributed by atoms with van der Waals surface area (Å²) < 4.78 is 14.1. The lowest BCUT2D eigenvalue weighted by Gasteiger charge is -2.20. The van der Waals surface area contributed by atoms with Crippen LogP contribution in [-0.2, 0) is 4.79 Å². The molecule has 1 aliphatic heterocycles. The summed E-state index contributed by atoms with van der Waals surface area (Å²) in [5.41, 5.74) is 12.7. The van der Waals surface area contributed by atoms with Crippen LogP contribution in [0, 0.1) is 5.82 Å². The molecule has 1 atom stereocenters. The van der Waals surface area contributed by atoms with E-state index < -0.39 is 0 Å². The molecule has 1 unspecified atom stereocenters. The van der Waals surface area contributed by atoms with E-state index in [0.717, 1.165) is 47.2 Å². The summed E-state index contributed by atoms with van der Waals surface area (Å²) in [6.07, 6.45) is 4.73. The lowest BCUT2D eigenvalue weighted by molar-refractivity contribution is -0.116. The van der Waals surface area contributed by atoms with Crippen molar-refractivity contribution in [2.24, 2.45) is 0 Å². The molecule has 1 amide bonds. The quantitative estimate of drug-likeness (QED) is 0.290. The fraction of sp³-hybridized carbons (Fsp3) is 0.172. The van der Waals surface area contributed by atoms with E-state index in [1.807, 2.05) is 36.5 Å². The normalized spacial score (nSPS) is 15.9. The Bertz CT molecular complexity index is 1390. The summed E-state index contributed by atoms with van der Waals surface area (Å²) in [5.74, 6) is -0.363. The Morgan fingerprint density at radius 1 is 0.943 bits per heavy atom. The topological polar surface area (TPSA) is 68.0 Å². The van der Waals surface area contributed by atoms with Crippen LogP contribution in [0.2, 0.25) is 5.02 Å². The highest BCUT2D eigenvalue weighted by atomic mass is 35.5. The zero-order valence-corrected chi connectivity index (χ0v) is 19.9. The molecule has 0 aliphatic carbocycles. The predicted molar refractivity (Wildman–Crippen MR) is 140 cm³/mol. The summed E-state index contributed by atoms with van der Waals surface area (Å²) in [5, 5.41) is 3.57. The van der Waals surface area contributed by atoms with Crippen molar-refractivity contribution in [2.75, 3.05) is 11.1 Å². The Morgan fingerprint density at radius 2 is 1.83 bits per heavy atom. The second-order valence-corrected chi connectivity index (χ2v) is 9.30. The third-order valence-electron chi connectivity index (χ3n) is 6.47. The first kappa shape index (κ1) is 23.1. The fourth-order valence-corrected chi connectivity index (χ4v) is 4.84. The summed E-state index contributed by atoms with van der Waals surface area (Å²) in [6, 6.07) is 22.0. The van der Waals surface area contributed by atoms with Gasteiger partial charge in [0.2, 0.25) is 5.91 Å². The van der Waals surface area contributed by atoms with E-state index in [2.05, 4.69) is 17.4 Å². The van der Waals surface area contributed by atoms with Crippen LogP contribution in [0.1, 0.15) is 42.9 Å². The van der Waals surface area contributed by atoms with Crippen LogP contribution in [0.25, 0.3) is 22.3 Å². The van der Waals surface area contributed by atoms with Crippen LogP contribution in [0.5, 0.6) is 0 Å². The molecule has 0 radical (unpaired) electrons. The molecule has 0 saturated heterocycles. The smallest absolute Gasteiger partial charge is 0.224 e. The van der Waals surface area contributed by atoms with Crippen molar-refractivity contribution < 1.29 is 9.18 Å². The molecule has 4 aromatic rings. The minimum absolute atomic E-state index is 0.0419. The predicted octanol–water partition coefficient (Wildman–Crippen LogP) is 7.43. The number of nitrogens with zero attached hydrogens (tertiary/aromatic N) is 1. The standard InChI is InChI=1S/C29H25ClFN3O/c30-21-9-11-26(32)24(15-21)20-8-12-27(33-17-20)23-6-1-2-7-29(35)34-28-13-10-22(31)16-25(28)19-5-3-4-18(23)14-19/h3-5,8-17,23H,1-2,6-7,32H2,(H,34,35). The second-order valence-electron chi connectivity index (χ2n) is 8.87. The third-order valence-corrected chi connectivity index (χ3v) is 6.71. The lowest BCUT2D eigenvalue weighted by atomic mass is 9.87. The number of amides is 1. The minimum Gasteiger partial charge on any atom is -0.398 e. The van der Waals surface area contributed by atoms with E-state index in [1.165, 1.54) is 12.1 Å². The van der Waals surface area contributed by atoms with Gasteiger partial charge in [-0.25, -0.2) is 4.39 Å². The number of aromatic nitrogens is 1. The molecule has 0 fully saturated rings. The fourth-order valence-electron chi connectivity index (χ4n) is 4.67. The molecule has 5 rings (SSSR count). The summed E-state index contributed by atoms with van der Waals surface area (Å²) in [7, 11) is 0. The first-order chi connectivity index (χ1) is 17.0. The number of hydrogen-bond acceptors (Lipinski definition) is 3. The van der Waals surface area contributed by atoms with Crippen molar-refractivity contribution in [3.63, 3.8) is 0 Å². The van der Waals surface area contributed by atoms with E-state index in [4.69, 9.17) is 22.3 Å². The van der Waals surface area contributed by atoms with Crippen LogP contribution in [-0.4, -0.2) is 10.9 Å². The van der Waals surface area contributed by atoms with Gasteiger partial charge in [-0.1, -0.05) is 48.4 Å². The number of rotatable bonds is 2. The Morgan fingerprint density at radius 3 is 2.66 bits per heavy atom. The van der Waals surface area contributed by atoms with E-state index in [-0.39, 0.29) is 17.6 Å². The molecule has 1 aromatic heterocycles. The molecule has 0 spiro atoms. The molecule has 4 nitrogen and oxygen atoms in total. The van der Waals surface area contributed by atoms with Crippen LogP contribution in [0.15, 0.2) is 79.0 Å². The number of pyridine rings is 1. The summed E-state index contributed by atoms with van der Waals surface area (Å²) >= 11 is 6.17. The number of nitrogens with one attached hydrogen (secondary N) is 1. The van der Waals surface area contributed by atoms with Gasteiger partial charge >= 0.3 is 0 Å². The van der Waals surface area contributed by atoms with E-state index in [9.17, 15) is 9.18 Å². The first-order valence-corrected chi connectivity index (χ1v) is 12.1. The molecule has 2 bridgehead atoms. The molecule has 0 saturated carbocycles. The average Bonchev–Trinajstić information content (AvgIpc) is 2.86. The number of anilines is 2. The van der Waals surface area contributed by atoms with Gasteiger partial charge in [0.05, 0.1) is 0 Å². The number of halogens is 2. The van der Waals surface area contributed by atoms with Crippen LogP contribution in [0.4, 0.5) is 15.8 Å². The van der Waals surface area contributed by atoms with Crippen molar-refractivity contribution in [2.45, 2.75) is 31.6 Å². The average molecular weight is 486 g/mol. The number of nitrogen functional groups attached to an aromatic ring is 1.